The fourth-order valence-electron chi connectivity index (χ4n) is 5.43. The number of carbonyl (C=O) groups is 4. The zero-order valence-corrected chi connectivity index (χ0v) is 26.2. The summed E-state index contributed by atoms with van der Waals surface area (Å²) in [4.78, 5) is 52.0. The van der Waals surface area contributed by atoms with Gasteiger partial charge in [0.15, 0.2) is 6.10 Å². The number of para-hydroxylation sites is 1. The SMILES string of the molecule is CCCCN(C)C(=O)C(CCCCCCNC(=O)Cc1c(C)n(C(=O)CCc2ccccc2)c2ccccc12)OC(C)=O. The first-order valence-electron chi connectivity index (χ1n) is 15.6. The molecule has 0 fully saturated rings. The fraction of sp³-hybridized carbons (Fsp3) is 0.486. The van der Waals surface area contributed by atoms with Crippen molar-refractivity contribution in [3.63, 3.8) is 0 Å². The van der Waals surface area contributed by atoms with E-state index in [0.717, 1.165) is 66.2 Å². The number of benzene rings is 2. The van der Waals surface area contributed by atoms with E-state index in [2.05, 4.69) is 12.2 Å². The van der Waals surface area contributed by atoms with Gasteiger partial charge in [-0.15, -0.1) is 0 Å². The molecular weight excluding hydrogens is 542 g/mol. The Morgan fingerprint density at radius 1 is 0.930 bits per heavy atom. The third kappa shape index (κ3) is 10.1. The van der Waals surface area contributed by atoms with Crippen molar-refractivity contribution in [2.45, 2.75) is 91.1 Å². The minimum absolute atomic E-state index is 0.0226. The highest BCUT2D eigenvalue weighted by Gasteiger charge is 2.24. The number of carbonyl (C=O) groups excluding carboxylic acids is 4. The molecule has 1 unspecified atom stereocenters. The molecule has 1 N–H and O–H groups in total. The summed E-state index contributed by atoms with van der Waals surface area (Å²) < 4.78 is 7.07. The monoisotopic (exact) mass is 589 g/mol. The molecule has 0 saturated heterocycles. The van der Waals surface area contributed by atoms with E-state index in [0.29, 0.717) is 32.4 Å². The lowest BCUT2D eigenvalue weighted by atomic mass is 10.1. The Morgan fingerprint density at radius 2 is 1.63 bits per heavy atom. The van der Waals surface area contributed by atoms with Crippen LogP contribution >= 0.6 is 0 Å². The molecular formula is C35H47N3O5. The Balaban J connectivity index is 1.47. The number of hydrogen-bond acceptors (Lipinski definition) is 5. The molecule has 3 aromatic rings. The third-order valence-corrected chi connectivity index (χ3v) is 7.82. The van der Waals surface area contributed by atoms with Gasteiger partial charge >= 0.3 is 5.97 Å². The maximum atomic E-state index is 13.3. The quantitative estimate of drug-likeness (QED) is 0.153. The van der Waals surface area contributed by atoms with Crippen LogP contribution in [0.4, 0.5) is 0 Å². The molecule has 1 atom stereocenters. The fourth-order valence-corrected chi connectivity index (χ4v) is 5.43. The van der Waals surface area contributed by atoms with Gasteiger partial charge in [-0.25, -0.2) is 0 Å². The van der Waals surface area contributed by atoms with Crippen LogP contribution in [0.2, 0.25) is 0 Å². The zero-order valence-electron chi connectivity index (χ0n) is 26.2. The van der Waals surface area contributed by atoms with Gasteiger partial charge < -0.3 is 15.0 Å². The molecule has 0 saturated carbocycles. The number of aromatic nitrogens is 1. The van der Waals surface area contributed by atoms with Crippen molar-refractivity contribution in [3.05, 3.63) is 71.4 Å². The summed E-state index contributed by atoms with van der Waals surface area (Å²) in [5.41, 5.74) is 3.65. The average Bonchev–Trinajstić information content (AvgIpc) is 3.28. The van der Waals surface area contributed by atoms with Gasteiger partial charge in [-0.1, -0.05) is 74.7 Å². The Bertz CT molecular complexity index is 1360. The second-order valence-corrected chi connectivity index (χ2v) is 11.2. The summed E-state index contributed by atoms with van der Waals surface area (Å²) in [7, 11) is 1.75. The molecule has 0 radical (unpaired) electrons. The van der Waals surface area contributed by atoms with E-state index in [4.69, 9.17) is 4.74 Å². The summed E-state index contributed by atoms with van der Waals surface area (Å²) in [6.07, 6.45) is 6.26. The standard InChI is InChI=1S/C35H47N3O5/c1-5-6-24-37(4)35(42)32(43-27(3)39)20-12-7-8-15-23-36-33(40)25-30-26(2)38(31-19-14-13-18-29(30)31)34(41)22-21-28-16-10-9-11-17-28/h9-11,13-14,16-19,32H,5-8,12,15,20-25H2,1-4H3,(H,36,40). The van der Waals surface area contributed by atoms with Gasteiger partial charge in [0.05, 0.1) is 11.9 Å². The van der Waals surface area contributed by atoms with E-state index in [1.807, 2.05) is 61.5 Å². The molecule has 0 aliphatic heterocycles. The van der Waals surface area contributed by atoms with Crippen LogP contribution in [-0.4, -0.2) is 59.4 Å². The van der Waals surface area contributed by atoms with Gasteiger partial charge in [0.2, 0.25) is 11.8 Å². The van der Waals surface area contributed by atoms with Gasteiger partial charge in [-0.2, -0.15) is 0 Å². The molecule has 1 heterocycles. The predicted molar refractivity (Wildman–Crippen MR) is 170 cm³/mol. The van der Waals surface area contributed by atoms with Gasteiger partial charge in [-0.05, 0) is 56.2 Å². The topological polar surface area (TPSA) is 97.7 Å². The first-order valence-corrected chi connectivity index (χ1v) is 15.6. The first kappa shape index (κ1) is 33.6. The molecule has 232 valence electrons. The molecule has 2 amide bonds. The maximum absolute atomic E-state index is 13.3. The number of rotatable bonds is 17. The van der Waals surface area contributed by atoms with Crippen LogP contribution in [0.3, 0.4) is 0 Å². The number of nitrogens with zero attached hydrogens (tertiary/aromatic N) is 2. The van der Waals surface area contributed by atoms with Gasteiger partial charge in [-0.3, -0.25) is 23.7 Å². The van der Waals surface area contributed by atoms with Crippen molar-refractivity contribution in [2.24, 2.45) is 0 Å². The number of esters is 1. The number of unbranched alkanes of at least 4 members (excludes halogenated alkanes) is 4. The van der Waals surface area contributed by atoms with Crippen molar-refractivity contribution < 1.29 is 23.9 Å². The summed E-state index contributed by atoms with van der Waals surface area (Å²) >= 11 is 0. The van der Waals surface area contributed by atoms with E-state index in [-0.39, 0.29) is 24.1 Å². The molecule has 2 aromatic carbocycles. The Morgan fingerprint density at radius 3 is 2.35 bits per heavy atom. The highest BCUT2D eigenvalue weighted by atomic mass is 16.5. The number of aryl methyl sites for hydroxylation is 1. The normalized spacial score (nSPS) is 11.7. The van der Waals surface area contributed by atoms with Crippen molar-refractivity contribution in [1.82, 2.24) is 14.8 Å². The largest absolute Gasteiger partial charge is 0.452 e. The zero-order chi connectivity index (χ0) is 31.2. The minimum Gasteiger partial charge on any atom is -0.452 e. The molecule has 43 heavy (non-hydrogen) atoms. The number of hydrogen-bond donors (Lipinski definition) is 1. The van der Waals surface area contributed by atoms with E-state index < -0.39 is 12.1 Å². The van der Waals surface area contributed by atoms with E-state index >= 15 is 0 Å². The highest BCUT2D eigenvalue weighted by molar-refractivity contribution is 5.98. The second-order valence-electron chi connectivity index (χ2n) is 11.2. The van der Waals surface area contributed by atoms with Crippen molar-refractivity contribution in [3.8, 4) is 0 Å². The minimum atomic E-state index is -0.741. The summed E-state index contributed by atoms with van der Waals surface area (Å²) in [6, 6.07) is 17.7. The van der Waals surface area contributed by atoms with Crippen LogP contribution in [0.1, 0.15) is 86.8 Å². The summed E-state index contributed by atoms with van der Waals surface area (Å²) in [5, 5.41) is 3.95. The maximum Gasteiger partial charge on any atom is 0.303 e. The number of nitrogens with one attached hydrogen (secondary N) is 1. The molecule has 3 rings (SSSR count). The van der Waals surface area contributed by atoms with Crippen molar-refractivity contribution >= 4 is 34.6 Å². The number of ether oxygens (including phenoxy) is 1. The van der Waals surface area contributed by atoms with E-state index in [9.17, 15) is 19.2 Å². The predicted octanol–water partition coefficient (Wildman–Crippen LogP) is 6.02. The lowest BCUT2D eigenvalue weighted by Gasteiger charge is -2.23. The van der Waals surface area contributed by atoms with Crippen LogP contribution in [0.5, 0.6) is 0 Å². The Hall–Kier alpha value is -3.94. The molecule has 0 spiro atoms. The van der Waals surface area contributed by atoms with Crippen LogP contribution in [0.15, 0.2) is 54.6 Å². The molecule has 8 nitrogen and oxygen atoms in total. The molecule has 0 bridgehead atoms. The molecule has 8 heteroatoms. The number of amides is 2. The second kappa shape index (κ2) is 17.2. The van der Waals surface area contributed by atoms with Gasteiger partial charge in [0.1, 0.15) is 0 Å². The lowest BCUT2D eigenvalue weighted by Crippen LogP contribution is -2.39. The first-order chi connectivity index (χ1) is 20.7. The number of fused-ring (bicyclic) bond motifs is 1. The molecule has 1 aromatic heterocycles. The summed E-state index contributed by atoms with van der Waals surface area (Å²) in [6.45, 7) is 6.52. The Labute approximate surface area is 255 Å². The molecule has 0 aliphatic rings. The third-order valence-electron chi connectivity index (χ3n) is 7.82. The van der Waals surface area contributed by atoms with E-state index in [1.54, 1.807) is 16.5 Å². The van der Waals surface area contributed by atoms with Gasteiger partial charge in [0.25, 0.3) is 5.91 Å². The number of likely N-dealkylation sites (N-methyl/N-ethyl adjacent to an activating group) is 1. The smallest absolute Gasteiger partial charge is 0.303 e. The van der Waals surface area contributed by atoms with Crippen molar-refractivity contribution in [1.29, 1.82) is 0 Å². The van der Waals surface area contributed by atoms with Crippen LogP contribution in [0.25, 0.3) is 10.9 Å². The van der Waals surface area contributed by atoms with Gasteiger partial charge in [0, 0.05) is 44.6 Å². The summed E-state index contributed by atoms with van der Waals surface area (Å²) in [5.74, 6) is -0.641. The highest BCUT2D eigenvalue weighted by Crippen LogP contribution is 2.27. The van der Waals surface area contributed by atoms with Crippen LogP contribution in [-0.2, 0) is 32.0 Å². The molecule has 0 aliphatic carbocycles. The van der Waals surface area contributed by atoms with Crippen molar-refractivity contribution in [2.75, 3.05) is 20.1 Å². The Kier molecular flexibility index (Phi) is 13.5. The van der Waals surface area contributed by atoms with E-state index in [1.165, 1.54) is 6.92 Å². The van der Waals surface area contributed by atoms with Crippen LogP contribution < -0.4 is 5.32 Å². The average molecular weight is 590 g/mol. The lowest BCUT2D eigenvalue weighted by molar-refractivity contribution is -0.158. The van der Waals surface area contributed by atoms with Crippen LogP contribution in [0, 0.1) is 6.92 Å².